The first-order valence-corrected chi connectivity index (χ1v) is 12.8. The van der Waals surface area contributed by atoms with Gasteiger partial charge in [-0.25, -0.2) is 4.99 Å². The lowest BCUT2D eigenvalue weighted by Crippen LogP contribution is -2.42. The number of aliphatic hydroxyl groups excluding tert-OH is 1. The number of anilines is 1. The Bertz CT molecular complexity index is 1100. The molecule has 2 saturated heterocycles. The van der Waals surface area contributed by atoms with Crippen LogP contribution in [0.1, 0.15) is 30.9 Å². The quantitative estimate of drug-likeness (QED) is 0.217. The van der Waals surface area contributed by atoms with Gasteiger partial charge in [-0.1, -0.05) is 48.5 Å². The van der Waals surface area contributed by atoms with Crippen LogP contribution >= 0.6 is 0 Å². The highest BCUT2D eigenvalue weighted by Gasteiger charge is 2.33. The van der Waals surface area contributed by atoms with Crippen molar-refractivity contribution in [1.82, 2.24) is 10.2 Å². The number of nitrogens with zero attached hydrogens (tertiary/aromatic N) is 3. The molecule has 0 aromatic heterocycles. The maximum absolute atomic E-state index is 12.7. The minimum absolute atomic E-state index is 0.0217. The molecule has 1 atom stereocenters. The van der Waals surface area contributed by atoms with Gasteiger partial charge in [-0.2, -0.15) is 0 Å². The van der Waals surface area contributed by atoms with Crippen molar-refractivity contribution in [3.05, 3.63) is 89.3 Å². The van der Waals surface area contributed by atoms with Crippen molar-refractivity contribution >= 4 is 17.4 Å². The molecule has 0 aliphatic carbocycles. The second kappa shape index (κ2) is 12.5. The smallest absolute Gasteiger partial charge is 0.227 e. The highest BCUT2D eigenvalue weighted by atomic mass is 16.3. The van der Waals surface area contributed by atoms with Gasteiger partial charge in [0.1, 0.15) is 5.84 Å². The molecule has 7 heteroatoms. The monoisotopic (exact) mass is 487 g/mol. The number of allylic oxidation sites excluding steroid dienone is 3. The summed E-state index contributed by atoms with van der Waals surface area (Å²) >= 11 is 0. The average molecular weight is 488 g/mol. The Balaban J connectivity index is 1.33. The first kappa shape index (κ1) is 25.7. The van der Waals surface area contributed by atoms with Crippen LogP contribution in [-0.4, -0.2) is 54.5 Å². The maximum Gasteiger partial charge on any atom is 0.227 e. The van der Waals surface area contributed by atoms with Crippen LogP contribution in [0, 0.1) is 5.92 Å². The number of hydrogen-bond acceptors (Lipinski definition) is 5. The maximum atomic E-state index is 12.7. The standard InChI is InChI=1S/C29H37N5O2/c1-2-22(8-9-23-6-4-3-5-7-23)18-27(35)32-29(30)25-19-28(36)34(21-25)26-12-10-24(11-13-26)20-33-16-14-31-15-17-33/h2-7,10-13,18,25,31,35H,8-9,14-17,19-21H2,1H3,(H2,30,32)/b22-2+,27-18-. The highest BCUT2D eigenvalue weighted by molar-refractivity contribution is 6.01. The van der Waals surface area contributed by atoms with E-state index in [9.17, 15) is 9.90 Å². The van der Waals surface area contributed by atoms with E-state index in [1.807, 2.05) is 43.3 Å². The summed E-state index contributed by atoms with van der Waals surface area (Å²) in [5.41, 5.74) is 10.6. The number of piperazine rings is 1. The molecule has 36 heavy (non-hydrogen) atoms. The summed E-state index contributed by atoms with van der Waals surface area (Å²) in [6.45, 7) is 7.48. The molecule has 4 rings (SSSR count). The fraction of sp³-hybridized carbons (Fsp3) is 0.379. The molecule has 7 nitrogen and oxygen atoms in total. The van der Waals surface area contributed by atoms with Crippen molar-refractivity contribution in [3.8, 4) is 0 Å². The first-order valence-electron chi connectivity index (χ1n) is 12.8. The molecule has 4 N–H and O–H groups in total. The van der Waals surface area contributed by atoms with Crippen molar-refractivity contribution in [3.63, 3.8) is 0 Å². The summed E-state index contributed by atoms with van der Waals surface area (Å²) in [6.07, 6.45) is 5.58. The lowest BCUT2D eigenvalue weighted by Gasteiger charge is -2.27. The summed E-state index contributed by atoms with van der Waals surface area (Å²) in [6, 6.07) is 18.4. The molecule has 1 unspecified atom stereocenters. The Hall–Kier alpha value is -3.42. The van der Waals surface area contributed by atoms with Crippen molar-refractivity contribution in [1.29, 1.82) is 0 Å². The van der Waals surface area contributed by atoms with E-state index < -0.39 is 0 Å². The van der Waals surface area contributed by atoms with E-state index in [0.717, 1.165) is 56.8 Å². The van der Waals surface area contributed by atoms with Crippen LogP contribution in [0.4, 0.5) is 5.69 Å². The van der Waals surface area contributed by atoms with Crippen LogP contribution in [-0.2, 0) is 17.8 Å². The van der Waals surface area contributed by atoms with Crippen molar-refractivity contribution in [2.24, 2.45) is 16.6 Å². The Labute approximate surface area is 214 Å². The van der Waals surface area contributed by atoms with E-state index in [2.05, 4.69) is 39.5 Å². The Kier molecular flexibility index (Phi) is 8.92. The van der Waals surface area contributed by atoms with Gasteiger partial charge in [-0.05, 0) is 48.6 Å². The number of amidine groups is 1. The molecule has 0 spiro atoms. The number of aryl methyl sites for hydroxylation is 1. The second-order valence-electron chi connectivity index (χ2n) is 9.49. The van der Waals surface area contributed by atoms with Crippen LogP contribution in [0.2, 0.25) is 0 Å². The minimum Gasteiger partial charge on any atom is -0.493 e. The molecule has 2 fully saturated rings. The van der Waals surface area contributed by atoms with Gasteiger partial charge in [0.25, 0.3) is 0 Å². The topological polar surface area (TPSA) is 94.2 Å². The predicted molar refractivity (Wildman–Crippen MR) is 146 cm³/mol. The Morgan fingerprint density at radius 3 is 2.53 bits per heavy atom. The molecule has 190 valence electrons. The number of amides is 1. The van der Waals surface area contributed by atoms with E-state index in [-0.39, 0.29) is 30.0 Å². The number of nitrogens with two attached hydrogens (primary N) is 1. The van der Waals surface area contributed by atoms with Crippen LogP contribution in [0.5, 0.6) is 0 Å². The number of benzene rings is 2. The number of aliphatic hydroxyl groups is 1. The van der Waals surface area contributed by atoms with Gasteiger partial charge in [0.15, 0.2) is 0 Å². The van der Waals surface area contributed by atoms with Gasteiger partial charge in [0.05, 0.1) is 0 Å². The molecule has 1 amide bonds. The third kappa shape index (κ3) is 7.06. The van der Waals surface area contributed by atoms with Crippen LogP contribution in [0.3, 0.4) is 0 Å². The number of carbonyl (C=O) groups excluding carboxylic acids is 1. The molecule has 0 radical (unpaired) electrons. The molecule has 2 aliphatic rings. The van der Waals surface area contributed by atoms with Crippen molar-refractivity contribution < 1.29 is 9.90 Å². The predicted octanol–water partition coefficient (Wildman–Crippen LogP) is 3.78. The molecular formula is C29H37N5O2. The van der Waals surface area contributed by atoms with Gasteiger partial charge in [-0.15, -0.1) is 0 Å². The first-order chi connectivity index (χ1) is 17.5. The van der Waals surface area contributed by atoms with Gasteiger partial charge >= 0.3 is 0 Å². The van der Waals surface area contributed by atoms with Gasteiger partial charge < -0.3 is 21.1 Å². The molecule has 2 heterocycles. The fourth-order valence-corrected chi connectivity index (χ4v) is 4.72. The summed E-state index contributed by atoms with van der Waals surface area (Å²) in [5.74, 6) is -0.0503. The average Bonchev–Trinajstić information content (AvgIpc) is 3.30. The highest BCUT2D eigenvalue weighted by Crippen LogP contribution is 2.26. The molecule has 0 bridgehead atoms. The lowest BCUT2D eigenvalue weighted by molar-refractivity contribution is -0.117. The number of carbonyl (C=O) groups is 1. The fourth-order valence-electron chi connectivity index (χ4n) is 4.72. The lowest BCUT2D eigenvalue weighted by atomic mass is 10.0. The van der Waals surface area contributed by atoms with E-state index >= 15 is 0 Å². The second-order valence-corrected chi connectivity index (χ2v) is 9.49. The summed E-state index contributed by atoms with van der Waals surface area (Å²) < 4.78 is 0. The SMILES string of the molecule is C/C=C(/C=C(\O)N=C(N)C1CC(=O)N(c2ccc(CN3CCNCC3)cc2)C1)CCc1ccccc1. The largest absolute Gasteiger partial charge is 0.493 e. The van der Waals surface area contributed by atoms with Gasteiger partial charge in [0.2, 0.25) is 11.8 Å². The van der Waals surface area contributed by atoms with E-state index in [1.165, 1.54) is 11.1 Å². The zero-order chi connectivity index (χ0) is 25.3. The molecule has 0 saturated carbocycles. The van der Waals surface area contributed by atoms with E-state index in [0.29, 0.717) is 6.54 Å². The minimum atomic E-state index is -0.230. The number of aliphatic imine (C=N–C) groups is 1. The summed E-state index contributed by atoms with van der Waals surface area (Å²) in [7, 11) is 0. The van der Waals surface area contributed by atoms with Crippen LogP contribution < -0.4 is 16.0 Å². The molecule has 2 aromatic carbocycles. The van der Waals surface area contributed by atoms with E-state index in [4.69, 9.17) is 5.73 Å². The molecule has 2 aliphatic heterocycles. The Morgan fingerprint density at radius 1 is 1.11 bits per heavy atom. The third-order valence-electron chi connectivity index (χ3n) is 6.88. The van der Waals surface area contributed by atoms with Crippen molar-refractivity contribution in [2.45, 2.75) is 32.7 Å². The van der Waals surface area contributed by atoms with Crippen LogP contribution in [0.25, 0.3) is 0 Å². The third-order valence-corrected chi connectivity index (χ3v) is 6.88. The van der Waals surface area contributed by atoms with Gasteiger partial charge in [0, 0.05) is 63.4 Å². The Morgan fingerprint density at radius 2 is 1.83 bits per heavy atom. The van der Waals surface area contributed by atoms with Gasteiger partial charge in [-0.3, -0.25) is 9.69 Å². The summed E-state index contributed by atoms with van der Waals surface area (Å²) in [5, 5.41) is 13.8. The number of nitrogens with one attached hydrogen (secondary N) is 1. The summed E-state index contributed by atoms with van der Waals surface area (Å²) in [4.78, 5) is 21.2. The zero-order valence-electron chi connectivity index (χ0n) is 21.1. The molecule has 2 aromatic rings. The zero-order valence-corrected chi connectivity index (χ0v) is 21.1. The van der Waals surface area contributed by atoms with Crippen LogP contribution in [0.15, 0.2) is 83.2 Å². The van der Waals surface area contributed by atoms with Crippen molar-refractivity contribution in [2.75, 3.05) is 37.6 Å². The molecular weight excluding hydrogens is 450 g/mol. The van der Waals surface area contributed by atoms with E-state index in [1.54, 1.807) is 11.0 Å². The normalized spacial score (nSPS) is 20.2. The number of hydrogen-bond donors (Lipinski definition) is 3. The number of rotatable bonds is 9.